The van der Waals surface area contributed by atoms with E-state index >= 15 is 0 Å². The maximum Gasteiger partial charge on any atom is 0.222 e. The molecule has 2 aliphatic carbocycles. The second-order valence-corrected chi connectivity index (χ2v) is 10.3. The molecule has 6 nitrogen and oxygen atoms in total. The quantitative estimate of drug-likeness (QED) is 0.441. The summed E-state index contributed by atoms with van der Waals surface area (Å²) in [7, 11) is 3.21. The second-order valence-electron chi connectivity index (χ2n) is 8.49. The first-order valence-corrected chi connectivity index (χ1v) is 13.1. The van der Waals surface area contributed by atoms with E-state index in [-0.39, 0.29) is 23.9 Å². The van der Waals surface area contributed by atoms with Crippen LogP contribution >= 0.6 is 31.9 Å². The summed E-state index contributed by atoms with van der Waals surface area (Å²) in [5, 5.41) is 6.11. The fraction of sp³-hybridized carbons (Fsp3) is 0.462. The Bertz CT molecular complexity index is 919. The van der Waals surface area contributed by atoms with Crippen LogP contribution in [0.4, 0.5) is 0 Å². The zero-order chi connectivity index (χ0) is 24.5. The highest BCUT2D eigenvalue weighted by Gasteiger charge is 2.24. The van der Waals surface area contributed by atoms with Crippen molar-refractivity contribution < 1.29 is 19.1 Å². The van der Waals surface area contributed by atoms with Crippen LogP contribution in [0.25, 0.3) is 0 Å². The van der Waals surface area contributed by atoms with E-state index in [1.807, 2.05) is 12.1 Å². The van der Waals surface area contributed by atoms with Gasteiger partial charge in [0.25, 0.3) is 0 Å². The lowest BCUT2D eigenvalue weighted by atomic mass is 10.1. The molecule has 0 bridgehead atoms. The van der Waals surface area contributed by atoms with Gasteiger partial charge in [0.2, 0.25) is 11.8 Å². The Balaban J connectivity index is 0.000000191. The smallest absolute Gasteiger partial charge is 0.222 e. The number of ether oxygens (including phenoxy) is 2. The van der Waals surface area contributed by atoms with Gasteiger partial charge in [-0.05, 0) is 72.2 Å². The molecule has 8 heteroatoms. The van der Waals surface area contributed by atoms with Crippen molar-refractivity contribution in [2.45, 2.75) is 50.6 Å². The first-order chi connectivity index (χ1) is 16.4. The molecule has 2 amide bonds. The van der Waals surface area contributed by atoms with Crippen LogP contribution in [-0.2, 0) is 31.9 Å². The number of amides is 2. The number of carbonyl (C=O) groups is 2. The first-order valence-electron chi connectivity index (χ1n) is 11.5. The van der Waals surface area contributed by atoms with Gasteiger partial charge in [-0.2, -0.15) is 0 Å². The summed E-state index contributed by atoms with van der Waals surface area (Å²) in [6.45, 7) is 0.956. The van der Waals surface area contributed by atoms with Gasteiger partial charge in [0.05, 0.1) is 25.3 Å². The maximum absolute atomic E-state index is 11.6. The van der Waals surface area contributed by atoms with E-state index in [9.17, 15) is 9.59 Å². The molecular weight excluding hydrogens is 564 g/mol. The van der Waals surface area contributed by atoms with E-state index in [0.717, 1.165) is 34.6 Å². The molecular formula is C26H32Br2N2O4. The van der Waals surface area contributed by atoms with Gasteiger partial charge in [0.1, 0.15) is 0 Å². The Kier molecular flexibility index (Phi) is 10.6. The lowest BCUT2D eigenvalue weighted by molar-refractivity contribution is -0.123. The Hall–Kier alpha value is -1.74. The van der Waals surface area contributed by atoms with Crippen molar-refractivity contribution in [2.75, 3.05) is 27.4 Å². The Morgan fingerprint density at radius 3 is 1.59 bits per heavy atom. The van der Waals surface area contributed by atoms with Crippen LogP contribution < -0.4 is 10.6 Å². The highest BCUT2D eigenvalue weighted by atomic mass is 79.9. The number of fused-ring (bicyclic) bond motifs is 2. The van der Waals surface area contributed by atoms with Crippen molar-refractivity contribution in [3.63, 3.8) is 0 Å². The number of hydrogen-bond donors (Lipinski definition) is 2. The molecule has 2 unspecified atom stereocenters. The van der Waals surface area contributed by atoms with Crippen LogP contribution in [0.5, 0.6) is 0 Å². The van der Waals surface area contributed by atoms with Gasteiger partial charge in [0.15, 0.2) is 0 Å². The number of halogens is 2. The predicted octanol–water partition coefficient (Wildman–Crippen LogP) is 5.18. The van der Waals surface area contributed by atoms with Crippen molar-refractivity contribution >= 4 is 43.7 Å². The third-order valence-corrected chi connectivity index (χ3v) is 7.09. The first kappa shape index (κ1) is 26.9. The van der Waals surface area contributed by atoms with E-state index in [0.29, 0.717) is 26.1 Å². The molecule has 2 N–H and O–H groups in total. The lowest BCUT2D eigenvalue weighted by Crippen LogP contribution is -2.27. The Morgan fingerprint density at radius 2 is 1.21 bits per heavy atom. The van der Waals surface area contributed by atoms with Gasteiger partial charge >= 0.3 is 0 Å². The van der Waals surface area contributed by atoms with Crippen molar-refractivity contribution in [3.05, 3.63) is 67.6 Å². The Labute approximate surface area is 218 Å². The second kappa shape index (κ2) is 13.4. The molecule has 0 saturated heterocycles. The average Bonchev–Trinajstić information content (AvgIpc) is 3.39. The summed E-state index contributed by atoms with van der Waals surface area (Å²) >= 11 is 6.93. The number of benzene rings is 2. The van der Waals surface area contributed by atoms with Gasteiger partial charge in [-0.15, -0.1) is 0 Å². The zero-order valence-electron chi connectivity index (χ0n) is 19.7. The highest BCUT2D eigenvalue weighted by Crippen LogP contribution is 2.33. The van der Waals surface area contributed by atoms with Crippen LogP contribution in [0.15, 0.2) is 45.3 Å². The van der Waals surface area contributed by atoms with Crippen molar-refractivity contribution in [2.24, 2.45) is 0 Å². The van der Waals surface area contributed by atoms with Crippen LogP contribution in [0.3, 0.4) is 0 Å². The third-order valence-electron chi connectivity index (χ3n) is 6.10. The molecule has 0 heterocycles. The van der Waals surface area contributed by atoms with Crippen molar-refractivity contribution in [1.29, 1.82) is 0 Å². The summed E-state index contributed by atoms with van der Waals surface area (Å²) in [6.07, 6.45) is 4.90. The third kappa shape index (κ3) is 7.63. The van der Waals surface area contributed by atoms with Crippen LogP contribution in [-0.4, -0.2) is 39.2 Å². The molecule has 0 saturated carbocycles. The number of carbonyl (C=O) groups excluding carboxylic acids is 2. The molecule has 0 aliphatic heterocycles. The average molecular weight is 596 g/mol. The molecule has 34 heavy (non-hydrogen) atoms. The van der Waals surface area contributed by atoms with E-state index in [1.165, 1.54) is 22.3 Å². The number of rotatable bonds is 8. The van der Waals surface area contributed by atoms with Gasteiger partial charge in [0, 0.05) is 36.0 Å². The molecule has 184 valence electrons. The Morgan fingerprint density at radius 1 is 0.794 bits per heavy atom. The number of nitrogens with one attached hydrogen (secondary N) is 2. The van der Waals surface area contributed by atoms with Crippen molar-refractivity contribution in [1.82, 2.24) is 10.6 Å². The van der Waals surface area contributed by atoms with Gasteiger partial charge < -0.3 is 20.1 Å². The van der Waals surface area contributed by atoms with E-state index < -0.39 is 0 Å². The predicted molar refractivity (Wildman–Crippen MR) is 140 cm³/mol. The van der Waals surface area contributed by atoms with Crippen LogP contribution in [0.2, 0.25) is 0 Å². The summed E-state index contributed by atoms with van der Waals surface area (Å²) < 4.78 is 12.0. The summed E-state index contributed by atoms with van der Waals surface area (Å²) in [6, 6.07) is 12.8. The van der Waals surface area contributed by atoms with E-state index in [1.54, 1.807) is 14.2 Å². The SMILES string of the molecule is COCCC(=O)NC1CCc2cc(Br)ccc21.COCCC(=O)NC1CCc2cc(Br)ccc21. The molecule has 2 aromatic carbocycles. The van der Waals surface area contributed by atoms with E-state index in [4.69, 9.17) is 9.47 Å². The standard InChI is InChI=1S/2C13H16BrNO2/c2*1-17-7-6-13(16)15-12-5-2-9-8-10(14)3-4-11(9)12/h2*3-4,8,12H,2,5-7H2,1H3,(H,15,16). The molecule has 2 aromatic rings. The molecule has 2 aliphatic rings. The van der Waals surface area contributed by atoms with Crippen LogP contribution in [0.1, 0.15) is 60.0 Å². The van der Waals surface area contributed by atoms with Gasteiger partial charge in [-0.1, -0.05) is 44.0 Å². The molecule has 2 atom stereocenters. The molecule has 0 radical (unpaired) electrons. The lowest BCUT2D eigenvalue weighted by Gasteiger charge is -2.14. The highest BCUT2D eigenvalue weighted by molar-refractivity contribution is 9.10. The molecule has 0 fully saturated rings. The molecule has 0 spiro atoms. The zero-order valence-corrected chi connectivity index (χ0v) is 22.8. The maximum atomic E-state index is 11.6. The summed E-state index contributed by atoms with van der Waals surface area (Å²) in [5.41, 5.74) is 5.16. The topological polar surface area (TPSA) is 76.7 Å². The minimum absolute atomic E-state index is 0.0626. The minimum atomic E-state index is 0.0626. The monoisotopic (exact) mass is 594 g/mol. The number of methoxy groups -OCH3 is 2. The normalized spacial score (nSPS) is 17.9. The minimum Gasteiger partial charge on any atom is -0.384 e. The van der Waals surface area contributed by atoms with Crippen molar-refractivity contribution in [3.8, 4) is 0 Å². The van der Waals surface area contributed by atoms with Crippen LogP contribution in [0, 0.1) is 0 Å². The summed E-state index contributed by atoms with van der Waals surface area (Å²) in [4.78, 5) is 23.3. The molecule has 0 aromatic heterocycles. The number of aryl methyl sites for hydroxylation is 2. The largest absolute Gasteiger partial charge is 0.384 e. The fourth-order valence-electron chi connectivity index (χ4n) is 4.39. The fourth-order valence-corrected chi connectivity index (χ4v) is 5.21. The number of hydrogen-bond acceptors (Lipinski definition) is 4. The molecule has 4 rings (SSSR count). The van der Waals surface area contributed by atoms with E-state index in [2.05, 4.69) is 66.8 Å². The van der Waals surface area contributed by atoms with Gasteiger partial charge in [-0.25, -0.2) is 0 Å². The summed E-state index contributed by atoms with van der Waals surface area (Å²) in [5.74, 6) is 0.125. The van der Waals surface area contributed by atoms with Gasteiger partial charge in [-0.3, -0.25) is 9.59 Å².